The molecule has 1 aromatic heterocycles. The van der Waals surface area contributed by atoms with Crippen LogP contribution in [0.2, 0.25) is 0 Å². The largest absolute Gasteiger partial charge is 0.370 e. The predicted octanol–water partition coefficient (Wildman–Crippen LogP) is 3.26. The summed E-state index contributed by atoms with van der Waals surface area (Å²) < 4.78 is 0. The van der Waals surface area contributed by atoms with Crippen LogP contribution in [0.3, 0.4) is 0 Å². The van der Waals surface area contributed by atoms with Crippen LogP contribution in [0.1, 0.15) is 45.0 Å². The third kappa shape index (κ3) is 3.41. The third-order valence-electron chi connectivity index (χ3n) is 4.17. The molecule has 1 fully saturated rings. The molecular weight excluding hydrogens is 248 g/mol. The van der Waals surface area contributed by atoms with E-state index in [1.807, 2.05) is 0 Å². The molecule has 0 radical (unpaired) electrons. The molecule has 4 heteroatoms. The predicted molar refractivity (Wildman–Crippen MR) is 85.5 cm³/mol. The van der Waals surface area contributed by atoms with Crippen LogP contribution in [0.15, 0.2) is 0 Å². The van der Waals surface area contributed by atoms with Crippen LogP contribution in [0, 0.1) is 18.8 Å². The van der Waals surface area contributed by atoms with Gasteiger partial charge in [-0.25, -0.2) is 9.97 Å². The molecule has 4 nitrogen and oxygen atoms in total. The van der Waals surface area contributed by atoms with Crippen LogP contribution in [0.5, 0.6) is 0 Å². The van der Waals surface area contributed by atoms with Crippen molar-refractivity contribution >= 4 is 11.6 Å². The van der Waals surface area contributed by atoms with Gasteiger partial charge in [0.2, 0.25) is 0 Å². The molecule has 1 aliphatic rings. The fourth-order valence-electron chi connectivity index (χ4n) is 2.59. The van der Waals surface area contributed by atoms with Crippen molar-refractivity contribution in [2.45, 2.75) is 47.0 Å². The Kier molecular flexibility index (Phi) is 4.84. The number of aryl methyl sites for hydroxylation is 1. The minimum Gasteiger partial charge on any atom is -0.370 e. The molecule has 0 spiro atoms. The van der Waals surface area contributed by atoms with E-state index in [0.29, 0.717) is 0 Å². The van der Waals surface area contributed by atoms with Gasteiger partial charge in [-0.1, -0.05) is 20.8 Å². The standard InChI is InChI=1S/C16H28N4/c1-6-8-17-15-12(4)16(19-14(7-2)18-15)20(5)10-13-9-11(13)3/h11,13H,6-10H2,1-5H3,(H,17,18,19). The molecule has 2 unspecified atom stereocenters. The van der Waals surface area contributed by atoms with Crippen LogP contribution < -0.4 is 10.2 Å². The number of rotatable bonds is 7. The first-order valence-electron chi connectivity index (χ1n) is 7.89. The van der Waals surface area contributed by atoms with Crippen molar-refractivity contribution in [2.24, 2.45) is 11.8 Å². The molecular formula is C16H28N4. The van der Waals surface area contributed by atoms with Crippen LogP contribution in [-0.2, 0) is 6.42 Å². The van der Waals surface area contributed by atoms with Gasteiger partial charge in [-0.15, -0.1) is 0 Å². The van der Waals surface area contributed by atoms with Crippen molar-refractivity contribution in [3.05, 3.63) is 11.4 Å². The van der Waals surface area contributed by atoms with E-state index < -0.39 is 0 Å². The summed E-state index contributed by atoms with van der Waals surface area (Å²) in [4.78, 5) is 11.7. The van der Waals surface area contributed by atoms with Crippen molar-refractivity contribution in [1.29, 1.82) is 0 Å². The van der Waals surface area contributed by atoms with Gasteiger partial charge in [0, 0.05) is 32.1 Å². The number of nitrogens with one attached hydrogen (secondary N) is 1. The average molecular weight is 276 g/mol. The number of hydrogen-bond donors (Lipinski definition) is 1. The van der Waals surface area contributed by atoms with Crippen LogP contribution in [-0.4, -0.2) is 30.1 Å². The van der Waals surface area contributed by atoms with Gasteiger partial charge in [0.15, 0.2) is 0 Å². The normalized spacial score (nSPS) is 20.9. The molecule has 0 amide bonds. The van der Waals surface area contributed by atoms with E-state index in [-0.39, 0.29) is 0 Å². The summed E-state index contributed by atoms with van der Waals surface area (Å²) in [6.07, 6.45) is 3.34. The topological polar surface area (TPSA) is 41.1 Å². The zero-order valence-corrected chi connectivity index (χ0v) is 13.5. The highest BCUT2D eigenvalue weighted by Crippen LogP contribution is 2.39. The van der Waals surface area contributed by atoms with Crippen LogP contribution in [0.4, 0.5) is 11.6 Å². The highest BCUT2D eigenvalue weighted by molar-refractivity contribution is 5.58. The van der Waals surface area contributed by atoms with Crippen molar-refractivity contribution < 1.29 is 0 Å². The van der Waals surface area contributed by atoms with Crippen LogP contribution >= 0.6 is 0 Å². The fourth-order valence-corrected chi connectivity index (χ4v) is 2.59. The second kappa shape index (κ2) is 6.42. The molecule has 112 valence electrons. The first kappa shape index (κ1) is 15.1. The van der Waals surface area contributed by atoms with Crippen LogP contribution in [0.25, 0.3) is 0 Å². The van der Waals surface area contributed by atoms with Crippen molar-refractivity contribution in [2.75, 3.05) is 30.4 Å². The summed E-state index contributed by atoms with van der Waals surface area (Å²) in [7, 11) is 2.16. The Balaban J connectivity index is 2.20. The minimum atomic E-state index is 0.839. The molecule has 1 heterocycles. The molecule has 1 N–H and O–H groups in total. The lowest BCUT2D eigenvalue weighted by Crippen LogP contribution is -2.24. The molecule has 0 aromatic carbocycles. The molecule has 2 atom stereocenters. The van der Waals surface area contributed by atoms with Gasteiger partial charge >= 0.3 is 0 Å². The Morgan fingerprint density at radius 3 is 2.55 bits per heavy atom. The summed E-state index contributed by atoms with van der Waals surface area (Å²) in [6, 6.07) is 0. The zero-order chi connectivity index (χ0) is 14.7. The molecule has 0 aliphatic heterocycles. The maximum Gasteiger partial charge on any atom is 0.137 e. The number of hydrogen-bond acceptors (Lipinski definition) is 4. The van der Waals surface area contributed by atoms with E-state index in [9.17, 15) is 0 Å². The molecule has 1 saturated carbocycles. The number of aromatic nitrogens is 2. The highest BCUT2D eigenvalue weighted by atomic mass is 15.2. The summed E-state index contributed by atoms with van der Waals surface area (Å²) in [5.41, 5.74) is 1.17. The van der Waals surface area contributed by atoms with Gasteiger partial charge in [0.05, 0.1) is 0 Å². The SMILES string of the molecule is CCCNc1nc(CC)nc(N(C)CC2CC2C)c1C. The van der Waals surface area contributed by atoms with Crippen molar-refractivity contribution in [3.63, 3.8) is 0 Å². The lowest BCUT2D eigenvalue weighted by Gasteiger charge is -2.22. The first-order chi connectivity index (χ1) is 9.56. The van der Waals surface area contributed by atoms with E-state index in [1.165, 1.54) is 12.0 Å². The van der Waals surface area contributed by atoms with Gasteiger partial charge in [0.1, 0.15) is 17.5 Å². The maximum absolute atomic E-state index is 4.74. The first-order valence-corrected chi connectivity index (χ1v) is 7.89. The molecule has 2 rings (SSSR count). The lowest BCUT2D eigenvalue weighted by molar-refractivity contribution is 0.714. The lowest BCUT2D eigenvalue weighted by atomic mass is 10.2. The van der Waals surface area contributed by atoms with E-state index in [4.69, 9.17) is 4.98 Å². The molecule has 1 aromatic rings. The molecule has 1 aliphatic carbocycles. The summed E-state index contributed by atoms with van der Waals surface area (Å²) in [6.45, 7) is 10.8. The Morgan fingerprint density at radius 1 is 1.30 bits per heavy atom. The van der Waals surface area contributed by atoms with Crippen molar-refractivity contribution in [1.82, 2.24) is 9.97 Å². The van der Waals surface area contributed by atoms with Crippen molar-refractivity contribution in [3.8, 4) is 0 Å². The average Bonchev–Trinajstić information content (AvgIpc) is 3.12. The molecule has 0 saturated heterocycles. The molecule has 0 bridgehead atoms. The summed E-state index contributed by atoms with van der Waals surface area (Å²) in [5.74, 6) is 4.74. The monoisotopic (exact) mass is 276 g/mol. The zero-order valence-electron chi connectivity index (χ0n) is 13.5. The quantitative estimate of drug-likeness (QED) is 0.830. The molecule has 20 heavy (non-hydrogen) atoms. The van der Waals surface area contributed by atoms with Gasteiger partial charge in [-0.05, 0) is 31.6 Å². The number of nitrogens with zero attached hydrogens (tertiary/aromatic N) is 3. The Hall–Kier alpha value is -1.32. The summed E-state index contributed by atoms with van der Waals surface area (Å²) in [5, 5.41) is 3.43. The van der Waals surface area contributed by atoms with Gasteiger partial charge in [0.25, 0.3) is 0 Å². The maximum atomic E-state index is 4.74. The summed E-state index contributed by atoms with van der Waals surface area (Å²) >= 11 is 0. The van der Waals surface area contributed by atoms with Gasteiger partial charge < -0.3 is 10.2 Å². The van der Waals surface area contributed by atoms with Gasteiger partial charge in [-0.3, -0.25) is 0 Å². The second-order valence-electron chi connectivity index (χ2n) is 6.07. The highest BCUT2D eigenvalue weighted by Gasteiger charge is 2.33. The van der Waals surface area contributed by atoms with E-state index in [0.717, 1.165) is 55.2 Å². The van der Waals surface area contributed by atoms with E-state index >= 15 is 0 Å². The number of anilines is 2. The van der Waals surface area contributed by atoms with E-state index in [1.54, 1.807) is 0 Å². The Bertz CT molecular complexity index is 458. The third-order valence-corrected chi connectivity index (χ3v) is 4.17. The fraction of sp³-hybridized carbons (Fsp3) is 0.750. The Labute approximate surface area is 123 Å². The van der Waals surface area contributed by atoms with Gasteiger partial charge in [-0.2, -0.15) is 0 Å². The Morgan fingerprint density at radius 2 is 2.00 bits per heavy atom. The van der Waals surface area contributed by atoms with E-state index in [2.05, 4.69) is 49.9 Å². The second-order valence-corrected chi connectivity index (χ2v) is 6.07. The minimum absolute atomic E-state index is 0.839. The smallest absolute Gasteiger partial charge is 0.137 e.